The highest BCUT2D eigenvalue weighted by Gasteiger charge is 2.17. The van der Waals surface area contributed by atoms with E-state index in [0.29, 0.717) is 35.6 Å². The molecule has 2 aromatic heterocycles. The van der Waals surface area contributed by atoms with Gasteiger partial charge in [0, 0.05) is 62.1 Å². The van der Waals surface area contributed by atoms with Crippen molar-refractivity contribution in [3.05, 3.63) is 67.5 Å². The lowest BCUT2D eigenvalue weighted by Gasteiger charge is -2.26. The molecule has 0 spiro atoms. The predicted molar refractivity (Wildman–Crippen MR) is 186 cm³/mol. The minimum Gasteiger partial charge on any atom is -0.494 e. The number of methoxy groups -OCH3 is 1. The van der Waals surface area contributed by atoms with Crippen LogP contribution in [0.5, 0.6) is 5.75 Å². The summed E-state index contributed by atoms with van der Waals surface area (Å²) in [6.07, 6.45) is 6.47. The van der Waals surface area contributed by atoms with Gasteiger partial charge in [-0.25, -0.2) is 9.97 Å². The molecule has 0 saturated carbocycles. The molecule has 0 bridgehead atoms. The van der Waals surface area contributed by atoms with Crippen molar-refractivity contribution in [2.24, 2.45) is 7.05 Å². The first-order chi connectivity index (χ1) is 21.8. The Kier molecular flexibility index (Phi) is 13.8. The summed E-state index contributed by atoms with van der Waals surface area (Å²) >= 11 is 0. The Hall–Kier alpha value is -4.55. The number of aryl methyl sites for hydroxylation is 1. The summed E-state index contributed by atoms with van der Waals surface area (Å²) in [7, 11) is 2.32. The molecule has 4 rings (SSSR count). The third-order valence-electron chi connectivity index (χ3n) is 6.13. The molecule has 1 amide bonds. The first-order valence-corrected chi connectivity index (χ1v) is 17.5. The number of amides is 1. The maximum atomic E-state index is 12.2. The molecular weight excluding hydrogens is 651 g/mol. The second-order valence-electron chi connectivity index (χ2n) is 10.5. The standard InChI is InChI=1S/C28H33N7O2.2CH4O3S/c1-7-27(36)30-22-16-23(26(37-6)17-25(22)34(4)15-14-33(2)3)32-28-29-13-12-21(31-28)20-18-35(5)24-11-9-8-10-19(20)24;2*1-5(2,3)4/h7-13,16-18H,1,14-15H2,2-6H3,(H,30,36)(H,29,31,32);2*1H3,(H,2,3,4). The summed E-state index contributed by atoms with van der Waals surface area (Å²) in [5, 5.41) is 7.31. The van der Waals surface area contributed by atoms with Crippen LogP contribution in [0.25, 0.3) is 22.2 Å². The van der Waals surface area contributed by atoms with Gasteiger partial charge in [-0.15, -0.1) is 0 Å². The zero-order valence-corrected chi connectivity index (χ0v) is 28.9. The molecule has 0 aliphatic heterocycles. The van der Waals surface area contributed by atoms with E-state index in [1.165, 1.54) is 6.08 Å². The zero-order chi connectivity index (χ0) is 35.5. The fraction of sp³-hybridized carbons (Fsp3) is 0.300. The maximum Gasteiger partial charge on any atom is 0.261 e. The normalized spacial score (nSPS) is 11.1. The Morgan fingerprint density at radius 3 is 2.21 bits per heavy atom. The van der Waals surface area contributed by atoms with E-state index < -0.39 is 20.2 Å². The van der Waals surface area contributed by atoms with Crippen LogP contribution < -0.4 is 20.3 Å². The van der Waals surface area contributed by atoms with E-state index in [2.05, 4.69) is 54.9 Å². The second kappa shape index (κ2) is 16.8. The lowest BCUT2D eigenvalue weighted by Crippen LogP contribution is -2.29. The Balaban J connectivity index is 0.000000670. The highest BCUT2D eigenvalue weighted by atomic mass is 32.2. The summed E-state index contributed by atoms with van der Waals surface area (Å²) in [6.45, 7) is 5.19. The molecule has 4 N–H and O–H groups in total. The third kappa shape index (κ3) is 13.4. The molecule has 0 fully saturated rings. The quantitative estimate of drug-likeness (QED) is 0.139. The molecule has 0 saturated heterocycles. The van der Waals surface area contributed by atoms with E-state index in [4.69, 9.17) is 18.8 Å². The van der Waals surface area contributed by atoms with Gasteiger partial charge in [-0.05, 0) is 38.4 Å². The van der Waals surface area contributed by atoms with Crippen LogP contribution in [-0.2, 0) is 32.1 Å². The van der Waals surface area contributed by atoms with E-state index in [1.807, 2.05) is 58.5 Å². The van der Waals surface area contributed by atoms with Gasteiger partial charge in [-0.2, -0.15) is 16.8 Å². The van der Waals surface area contributed by atoms with Gasteiger partial charge in [0.05, 0.1) is 42.4 Å². The number of hydrogen-bond acceptors (Lipinski definition) is 11. The van der Waals surface area contributed by atoms with Crippen LogP contribution in [0.4, 0.5) is 23.0 Å². The molecular formula is C30H41N7O8S2. The zero-order valence-electron chi connectivity index (χ0n) is 27.3. The molecule has 17 heteroatoms. The van der Waals surface area contributed by atoms with Crippen LogP contribution in [-0.4, -0.2) is 105 Å². The number of carbonyl (C=O) groups excluding carboxylic acids is 1. The minimum absolute atomic E-state index is 0.299. The third-order valence-corrected chi connectivity index (χ3v) is 6.13. The topological polar surface area (TPSA) is 196 Å². The molecule has 256 valence electrons. The largest absolute Gasteiger partial charge is 0.494 e. The smallest absolute Gasteiger partial charge is 0.261 e. The van der Waals surface area contributed by atoms with Gasteiger partial charge in [0.15, 0.2) is 0 Å². The van der Waals surface area contributed by atoms with Crippen LogP contribution in [0.2, 0.25) is 0 Å². The summed E-state index contributed by atoms with van der Waals surface area (Å²) < 4.78 is 59.5. The molecule has 15 nitrogen and oxygen atoms in total. The minimum atomic E-state index is -3.67. The molecule has 2 heterocycles. The Morgan fingerprint density at radius 1 is 1.02 bits per heavy atom. The van der Waals surface area contributed by atoms with Crippen molar-refractivity contribution in [1.82, 2.24) is 19.4 Å². The van der Waals surface area contributed by atoms with Gasteiger partial charge in [-0.3, -0.25) is 13.9 Å². The number of carbonyl (C=O) groups is 1. The van der Waals surface area contributed by atoms with Crippen molar-refractivity contribution < 1.29 is 35.5 Å². The maximum absolute atomic E-state index is 12.2. The van der Waals surface area contributed by atoms with E-state index in [0.717, 1.165) is 40.9 Å². The molecule has 47 heavy (non-hydrogen) atoms. The summed E-state index contributed by atoms with van der Waals surface area (Å²) in [6, 6.07) is 13.8. The highest BCUT2D eigenvalue weighted by Crippen LogP contribution is 2.38. The van der Waals surface area contributed by atoms with Crippen molar-refractivity contribution in [1.29, 1.82) is 0 Å². The number of ether oxygens (including phenoxy) is 1. The molecule has 0 aliphatic rings. The molecule has 0 aliphatic carbocycles. The van der Waals surface area contributed by atoms with Gasteiger partial charge >= 0.3 is 0 Å². The number of fused-ring (bicyclic) bond motifs is 1. The van der Waals surface area contributed by atoms with Crippen molar-refractivity contribution in [3.63, 3.8) is 0 Å². The lowest BCUT2D eigenvalue weighted by molar-refractivity contribution is -0.111. The average molecular weight is 692 g/mol. The Bertz CT molecular complexity index is 1860. The second-order valence-corrected chi connectivity index (χ2v) is 13.4. The molecule has 2 aromatic carbocycles. The van der Waals surface area contributed by atoms with Crippen LogP contribution >= 0.6 is 0 Å². The SMILES string of the molecule is C=CC(=O)Nc1cc(Nc2nccc(-c3cn(C)c4ccccc34)n2)c(OC)cc1N(C)CCN(C)C.CS(=O)(=O)O.CS(=O)(=O)O. The Labute approximate surface area is 275 Å². The summed E-state index contributed by atoms with van der Waals surface area (Å²) in [5.41, 5.74) is 5.02. The number of para-hydroxylation sites is 1. The number of likely N-dealkylation sites (N-methyl/N-ethyl adjacent to an activating group) is 2. The summed E-state index contributed by atoms with van der Waals surface area (Å²) in [5.74, 6) is 0.716. The lowest BCUT2D eigenvalue weighted by atomic mass is 10.1. The predicted octanol–water partition coefficient (Wildman–Crippen LogP) is 3.52. The fourth-order valence-electron chi connectivity index (χ4n) is 4.14. The number of rotatable bonds is 10. The first kappa shape index (κ1) is 38.6. The molecule has 4 aromatic rings. The van der Waals surface area contributed by atoms with E-state index in [-0.39, 0.29) is 5.91 Å². The van der Waals surface area contributed by atoms with Crippen molar-refractivity contribution in [2.45, 2.75) is 0 Å². The number of nitrogens with one attached hydrogen (secondary N) is 2. The molecule has 0 unspecified atom stereocenters. The number of anilines is 4. The number of nitrogens with zero attached hydrogens (tertiary/aromatic N) is 5. The van der Waals surface area contributed by atoms with Crippen LogP contribution in [0, 0.1) is 0 Å². The molecule has 0 atom stereocenters. The number of aromatic nitrogens is 3. The van der Waals surface area contributed by atoms with Crippen molar-refractivity contribution in [3.8, 4) is 17.0 Å². The van der Waals surface area contributed by atoms with E-state index in [9.17, 15) is 21.6 Å². The van der Waals surface area contributed by atoms with Gasteiger partial charge in [0.1, 0.15) is 5.75 Å². The van der Waals surface area contributed by atoms with Crippen molar-refractivity contribution >= 4 is 60.1 Å². The highest BCUT2D eigenvalue weighted by molar-refractivity contribution is 7.85. The first-order valence-electron chi connectivity index (χ1n) is 13.8. The Morgan fingerprint density at radius 2 is 1.64 bits per heavy atom. The number of benzene rings is 2. The fourth-order valence-corrected chi connectivity index (χ4v) is 4.14. The molecule has 0 radical (unpaired) electrons. The van der Waals surface area contributed by atoms with E-state index in [1.54, 1.807) is 13.3 Å². The van der Waals surface area contributed by atoms with Gasteiger partial charge in [0.2, 0.25) is 11.9 Å². The van der Waals surface area contributed by atoms with Crippen LogP contribution in [0.15, 0.2) is 67.5 Å². The van der Waals surface area contributed by atoms with Gasteiger partial charge in [-0.1, -0.05) is 24.8 Å². The average Bonchev–Trinajstić information content (AvgIpc) is 3.31. The monoisotopic (exact) mass is 691 g/mol. The summed E-state index contributed by atoms with van der Waals surface area (Å²) in [4.78, 5) is 25.6. The van der Waals surface area contributed by atoms with Gasteiger partial charge < -0.3 is 29.7 Å². The van der Waals surface area contributed by atoms with Crippen LogP contribution in [0.3, 0.4) is 0 Å². The van der Waals surface area contributed by atoms with Crippen molar-refractivity contribution in [2.75, 3.05) is 69.4 Å². The van der Waals surface area contributed by atoms with Crippen LogP contribution in [0.1, 0.15) is 0 Å². The van der Waals surface area contributed by atoms with Gasteiger partial charge in [0.25, 0.3) is 20.2 Å². The number of hydrogen-bond donors (Lipinski definition) is 4. The van der Waals surface area contributed by atoms with E-state index >= 15 is 0 Å².